The summed E-state index contributed by atoms with van der Waals surface area (Å²) in [4.78, 5) is 1.58. The van der Waals surface area contributed by atoms with E-state index in [1.54, 1.807) is 4.85 Å². The minimum atomic E-state index is 1.00. The molecule has 0 bridgehead atoms. The third-order valence-corrected chi connectivity index (χ3v) is 1.77. The van der Waals surface area contributed by atoms with Crippen LogP contribution in [0.25, 0.3) is 5.69 Å². The van der Waals surface area contributed by atoms with Gasteiger partial charge >= 0.3 is 0 Å². The largest absolute Gasteiger partial charge is 0.252 e. The summed E-state index contributed by atoms with van der Waals surface area (Å²) in [7, 11) is 0. The molecular formula is C6H5BrN2O. The number of hydrogen-bond acceptors (Lipinski definition) is 1. The highest BCUT2D eigenvalue weighted by Gasteiger charge is 1.99. The van der Waals surface area contributed by atoms with Crippen molar-refractivity contribution in [2.75, 3.05) is 0 Å². The Balaban J connectivity index is 2.40. The molecule has 0 aliphatic rings. The van der Waals surface area contributed by atoms with Crippen molar-refractivity contribution in [1.82, 2.24) is 10.1 Å². The molecule has 0 amide bonds. The Morgan fingerprint density at radius 1 is 1.30 bits per heavy atom. The number of H-pyrrole nitrogens is 1. The van der Waals surface area contributed by atoms with Gasteiger partial charge in [0, 0.05) is 4.47 Å². The number of nitrogens with one attached hydrogen (secondary N) is 1. The van der Waals surface area contributed by atoms with Gasteiger partial charge in [-0.15, -0.1) is 0 Å². The molecule has 10 heavy (non-hydrogen) atoms. The minimum absolute atomic E-state index is 1.00. The summed E-state index contributed by atoms with van der Waals surface area (Å²) in [5, 5.41) is 2.59. The molecule has 0 radical (unpaired) electrons. The van der Waals surface area contributed by atoms with E-state index >= 15 is 0 Å². The van der Waals surface area contributed by atoms with E-state index in [0.717, 1.165) is 10.2 Å². The van der Waals surface area contributed by atoms with Crippen LogP contribution in [0.5, 0.6) is 0 Å². The molecule has 0 atom stereocenters. The maximum atomic E-state index is 4.70. The van der Waals surface area contributed by atoms with Crippen LogP contribution in [-0.2, 0) is 0 Å². The standard InChI is InChI=1S/C6H5BrN2O/c7-5-1-3-6(4-2-5)9-8-10-9/h1-4,8H. The summed E-state index contributed by atoms with van der Waals surface area (Å²) < 4.78 is 5.77. The van der Waals surface area contributed by atoms with Gasteiger partial charge in [-0.3, -0.25) is 4.63 Å². The highest BCUT2D eigenvalue weighted by atomic mass is 79.9. The average molecular weight is 201 g/mol. The molecule has 2 aromatic rings. The Bertz CT molecular complexity index is 294. The molecule has 1 aromatic carbocycles. The lowest BCUT2D eigenvalue weighted by Gasteiger charge is -1.89. The lowest BCUT2D eigenvalue weighted by molar-refractivity contribution is 0.501. The number of aromatic amines is 1. The zero-order valence-corrected chi connectivity index (χ0v) is 6.63. The normalized spacial score (nSPS) is 10.5. The quantitative estimate of drug-likeness (QED) is 0.753. The maximum absolute atomic E-state index is 4.70. The van der Waals surface area contributed by atoms with Crippen molar-refractivity contribution in [3.05, 3.63) is 28.7 Å². The topological polar surface area (TPSA) is 33.9 Å². The zero-order valence-electron chi connectivity index (χ0n) is 5.04. The molecule has 0 fully saturated rings. The van der Waals surface area contributed by atoms with E-state index in [0.29, 0.717) is 0 Å². The highest BCUT2D eigenvalue weighted by molar-refractivity contribution is 9.10. The van der Waals surface area contributed by atoms with Gasteiger partial charge in [0.25, 0.3) is 0 Å². The summed E-state index contributed by atoms with van der Waals surface area (Å²) in [6.07, 6.45) is 0. The van der Waals surface area contributed by atoms with Gasteiger partial charge in [0.15, 0.2) is 0 Å². The molecule has 0 aliphatic carbocycles. The number of hydrogen-bond donors (Lipinski definition) is 1. The van der Waals surface area contributed by atoms with Crippen LogP contribution in [0, 0.1) is 0 Å². The van der Waals surface area contributed by atoms with E-state index in [4.69, 9.17) is 4.63 Å². The molecule has 0 saturated carbocycles. The minimum Gasteiger partial charge on any atom is -0.252 e. The molecule has 2 rings (SSSR count). The molecule has 0 unspecified atom stereocenters. The second-order valence-electron chi connectivity index (χ2n) is 1.95. The lowest BCUT2D eigenvalue weighted by atomic mass is 10.3. The highest BCUT2D eigenvalue weighted by Crippen LogP contribution is 2.13. The van der Waals surface area contributed by atoms with Crippen LogP contribution >= 0.6 is 15.9 Å². The van der Waals surface area contributed by atoms with Crippen molar-refractivity contribution in [3.8, 4) is 5.69 Å². The molecule has 1 N–H and O–H groups in total. The van der Waals surface area contributed by atoms with E-state index < -0.39 is 0 Å². The van der Waals surface area contributed by atoms with Crippen LogP contribution < -0.4 is 0 Å². The zero-order chi connectivity index (χ0) is 6.97. The number of halogens is 1. The van der Waals surface area contributed by atoms with Gasteiger partial charge in [0.2, 0.25) is 0 Å². The van der Waals surface area contributed by atoms with Crippen molar-refractivity contribution < 1.29 is 4.63 Å². The Morgan fingerprint density at radius 3 is 2.40 bits per heavy atom. The van der Waals surface area contributed by atoms with Crippen LogP contribution in [0.15, 0.2) is 33.4 Å². The summed E-state index contributed by atoms with van der Waals surface area (Å²) in [5.74, 6) is 0. The first-order valence-corrected chi connectivity index (χ1v) is 3.64. The molecule has 0 aliphatic heterocycles. The van der Waals surface area contributed by atoms with Crippen LogP contribution in [0.2, 0.25) is 0 Å². The Morgan fingerprint density at radius 2 is 1.90 bits per heavy atom. The predicted octanol–water partition coefficient (Wildman–Crippen LogP) is 2.16. The molecule has 4 heteroatoms. The lowest BCUT2D eigenvalue weighted by Crippen LogP contribution is -1.79. The monoisotopic (exact) mass is 200 g/mol. The fourth-order valence-corrected chi connectivity index (χ4v) is 0.967. The van der Waals surface area contributed by atoms with Gasteiger partial charge in [-0.1, -0.05) is 26.1 Å². The SMILES string of the molecule is Brc1ccc(-n2[nH]o2)cc1. The molecule has 3 nitrogen and oxygen atoms in total. The van der Waals surface area contributed by atoms with Crippen molar-refractivity contribution in [2.45, 2.75) is 0 Å². The van der Waals surface area contributed by atoms with Crippen LogP contribution in [0.1, 0.15) is 0 Å². The Kier molecular flexibility index (Phi) is 1.20. The smallest absolute Gasteiger partial charge is 0.105 e. The number of benzene rings is 1. The predicted molar refractivity (Wildman–Crippen MR) is 40.1 cm³/mol. The van der Waals surface area contributed by atoms with Crippen molar-refractivity contribution >= 4 is 15.9 Å². The van der Waals surface area contributed by atoms with Gasteiger partial charge in [0.1, 0.15) is 5.69 Å². The molecular weight excluding hydrogens is 196 g/mol. The number of nitrogens with zero attached hydrogens (tertiary/aromatic N) is 1. The van der Waals surface area contributed by atoms with Gasteiger partial charge in [-0.2, -0.15) is 0 Å². The van der Waals surface area contributed by atoms with Crippen LogP contribution in [-0.4, -0.2) is 10.1 Å². The molecule has 0 saturated heterocycles. The third kappa shape index (κ3) is 1.02. The Hall–Kier alpha value is -0.900. The fourth-order valence-electron chi connectivity index (χ4n) is 0.702. The molecule has 0 spiro atoms. The van der Waals surface area contributed by atoms with E-state index in [1.807, 2.05) is 24.3 Å². The molecule has 52 valence electrons. The van der Waals surface area contributed by atoms with Crippen LogP contribution in [0.3, 0.4) is 0 Å². The van der Waals surface area contributed by atoms with E-state index in [-0.39, 0.29) is 0 Å². The van der Waals surface area contributed by atoms with E-state index in [1.165, 1.54) is 0 Å². The molecule has 1 aromatic heterocycles. The number of aromatic nitrogens is 2. The molecule has 1 heterocycles. The van der Waals surface area contributed by atoms with E-state index in [9.17, 15) is 0 Å². The van der Waals surface area contributed by atoms with Gasteiger partial charge in [-0.05, 0) is 24.3 Å². The maximum Gasteiger partial charge on any atom is 0.105 e. The Labute approximate surface area is 65.6 Å². The second-order valence-corrected chi connectivity index (χ2v) is 2.87. The van der Waals surface area contributed by atoms with E-state index in [2.05, 4.69) is 21.2 Å². The summed E-state index contributed by atoms with van der Waals surface area (Å²) >= 11 is 3.34. The number of rotatable bonds is 1. The third-order valence-electron chi connectivity index (χ3n) is 1.24. The van der Waals surface area contributed by atoms with Crippen molar-refractivity contribution in [2.24, 2.45) is 0 Å². The van der Waals surface area contributed by atoms with Gasteiger partial charge in [0.05, 0.1) is 0 Å². The van der Waals surface area contributed by atoms with Crippen molar-refractivity contribution in [1.29, 1.82) is 0 Å². The summed E-state index contributed by atoms with van der Waals surface area (Å²) in [5.41, 5.74) is 1.00. The average Bonchev–Trinajstić information content (AvgIpc) is 2.71. The summed E-state index contributed by atoms with van der Waals surface area (Å²) in [6.45, 7) is 0. The van der Waals surface area contributed by atoms with Gasteiger partial charge < -0.3 is 0 Å². The second kappa shape index (κ2) is 2.05. The van der Waals surface area contributed by atoms with Crippen molar-refractivity contribution in [3.63, 3.8) is 0 Å². The first-order valence-electron chi connectivity index (χ1n) is 2.84. The first-order chi connectivity index (χ1) is 4.86. The summed E-state index contributed by atoms with van der Waals surface area (Å²) in [6, 6.07) is 7.81. The first kappa shape index (κ1) is 5.85. The fraction of sp³-hybridized carbons (Fsp3) is 0. The van der Waals surface area contributed by atoms with Gasteiger partial charge in [-0.25, -0.2) is 0 Å². The van der Waals surface area contributed by atoms with Crippen LogP contribution in [0.4, 0.5) is 0 Å².